The molecule has 0 amide bonds. The summed E-state index contributed by atoms with van der Waals surface area (Å²) < 4.78 is 15.7. The van der Waals surface area contributed by atoms with Crippen LogP contribution < -0.4 is 0 Å². The fourth-order valence-corrected chi connectivity index (χ4v) is 3.07. The average molecular weight is 381 g/mol. The number of nitrogens with zero attached hydrogens (tertiary/aromatic N) is 3. The Balaban J connectivity index is 1.26. The van der Waals surface area contributed by atoms with Gasteiger partial charge >= 0.3 is 5.97 Å². The number of aryl methyl sites for hydroxylation is 1. The quantitative estimate of drug-likeness (QED) is 0.445. The van der Waals surface area contributed by atoms with Crippen molar-refractivity contribution in [3.05, 3.63) is 65.5 Å². The topological polar surface area (TPSA) is 91.2 Å². The third-order valence-electron chi connectivity index (χ3n) is 3.75. The molecule has 136 valence electrons. The van der Waals surface area contributed by atoms with Crippen LogP contribution in [0.25, 0.3) is 22.0 Å². The lowest BCUT2D eigenvalue weighted by atomic mass is 10.2. The monoisotopic (exact) mass is 381 g/mol. The lowest BCUT2D eigenvalue weighted by Gasteiger charge is -2.00. The molecule has 7 nitrogen and oxygen atoms in total. The molecule has 0 atom stereocenters. The van der Waals surface area contributed by atoms with Crippen LogP contribution in [0.2, 0.25) is 0 Å². The number of rotatable bonds is 7. The van der Waals surface area contributed by atoms with Crippen LogP contribution in [0.5, 0.6) is 0 Å². The van der Waals surface area contributed by atoms with Crippen LogP contribution in [0.1, 0.15) is 18.0 Å². The highest BCUT2D eigenvalue weighted by atomic mass is 32.1. The Morgan fingerprint density at radius 2 is 1.96 bits per heavy atom. The molecule has 0 radical (unpaired) electrons. The fourth-order valence-electron chi connectivity index (χ4n) is 2.42. The summed E-state index contributed by atoms with van der Waals surface area (Å²) in [4.78, 5) is 17.1. The first-order chi connectivity index (χ1) is 13.3. The van der Waals surface area contributed by atoms with Crippen molar-refractivity contribution in [2.45, 2.75) is 19.4 Å². The van der Waals surface area contributed by atoms with Crippen LogP contribution >= 0.6 is 11.3 Å². The summed E-state index contributed by atoms with van der Waals surface area (Å²) in [6, 6.07) is 15.2. The van der Waals surface area contributed by atoms with Gasteiger partial charge in [-0.15, -0.1) is 11.3 Å². The van der Waals surface area contributed by atoms with Crippen molar-refractivity contribution in [3.8, 4) is 22.0 Å². The van der Waals surface area contributed by atoms with E-state index in [-0.39, 0.29) is 19.0 Å². The molecule has 0 aliphatic heterocycles. The van der Waals surface area contributed by atoms with E-state index in [0.29, 0.717) is 29.6 Å². The zero-order chi connectivity index (χ0) is 18.5. The van der Waals surface area contributed by atoms with E-state index in [1.807, 2.05) is 47.8 Å². The standard InChI is InChI=1S/C19H15N3O4S/c23-18(9-8-17-20-19(22-26-17)16-7-4-10-27-16)24-12-14-11-15(25-21-14)13-5-2-1-3-6-13/h1-7,10-11H,8-9,12H2. The molecule has 8 heteroatoms. The van der Waals surface area contributed by atoms with Gasteiger partial charge in [-0.25, -0.2) is 0 Å². The van der Waals surface area contributed by atoms with Crippen LogP contribution in [0, 0.1) is 0 Å². The highest BCUT2D eigenvalue weighted by Gasteiger charge is 2.13. The molecular weight excluding hydrogens is 366 g/mol. The molecule has 0 N–H and O–H groups in total. The smallest absolute Gasteiger partial charge is 0.306 e. The Morgan fingerprint density at radius 3 is 2.78 bits per heavy atom. The first kappa shape index (κ1) is 17.2. The molecule has 0 saturated carbocycles. The van der Waals surface area contributed by atoms with E-state index in [1.54, 1.807) is 6.07 Å². The van der Waals surface area contributed by atoms with Crippen molar-refractivity contribution in [2.24, 2.45) is 0 Å². The lowest BCUT2D eigenvalue weighted by molar-refractivity contribution is -0.145. The van der Waals surface area contributed by atoms with Gasteiger partial charge in [0.15, 0.2) is 5.76 Å². The Kier molecular flexibility index (Phi) is 5.06. The second-order valence-electron chi connectivity index (χ2n) is 5.70. The second kappa shape index (κ2) is 7.96. The van der Waals surface area contributed by atoms with E-state index in [1.165, 1.54) is 11.3 Å². The summed E-state index contributed by atoms with van der Waals surface area (Å²) >= 11 is 1.53. The summed E-state index contributed by atoms with van der Waals surface area (Å²) in [6.45, 7) is 0.0550. The molecular formula is C19H15N3O4S. The van der Waals surface area contributed by atoms with Crippen LogP contribution in [0.4, 0.5) is 0 Å². The van der Waals surface area contributed by atoms with Gasteiger partial charge in [-0.1, -0.05) is 46.7 Å². The lowest BCUT2D eigenvalue weighted by Crippen LogP contribution is -2.06. The fraction of sp³-hybridized carbons (Fsp3) is 0.158. The molecule has 0 spiro atoms. The minimum Gasteiger partial charge on any atom is -0.459 e. The molecule has 4 aromatic rings. The molecule has 0 saturated heterocycles. The second-order valence-corrected chi connectivity index (χ2v) is 6.65. The Hall–Kier alpha value is -3.26. The van der Waals surface area contributed by atoms with Crippen molar-refractivity contribution in [2.75, 3.05) is 0 Å². The number of esters is 1. The maximum atomic E-state index is 11.9. The summed E-state index contributed by atoms with van der Waals surface area (Å²) in [6.07, 6.45) is 0.473. The summed E-state index contributed by atoms with van der Waals surface area (Å²) in [5, 5.41) is 9.77. The predicted octanol–water partition coefficient (Wildman–Crippen LogP) is 4.13. The van der Waals surface area contributed by atoms with Gasteiger partial charge in [0, 0.05) is 18.1 Å². The third kappa shape index (κ3) is 4.29. The van der Waals surface area contributed by atoms with Crippen molar-refractivity contribution < 1.29 is 18.6 Å². The molecule has 0 aliphatic carbocycles. The third-order valence-corrected chi connectivity index (χ3v) is 4.62. The maximum absolute atomic E-state index is 11.9. The Bertz CT molecular complexity index is 1010. The van der Waals surface area contributed by atoms with Crippen molar-refractivity contribution in [1.82, 2.24) is 15.3 Å². The zero-order valence-corrected chi connectivity index (χ0v) is 15.0. The molecule has 0 unspecified atom stereocenters. The normalized spacial score (nSPS) is 10.8. The first-order valence-electron chi connectivity index (χ1n) is 8.31. The number of hydrogen-bond donors (Lipinski definition) is 0. The summed E-state index contributed by atoms with van der Waals surface area (Å²) in [7, 11) is 0. The van der Waals surface area contributed by atoms with Crippen LogP contribution in [0.15, 0.2) is 63.0 Å². The van der Waals surface area contributed by atoms with Gasteiger partial charge in [0.05, 0.1) is 11.3 Å². The molecule has 3 aromatic heterocycles. The van der Waals surface area contributed by atoms with Gasteiger partial charge in [-0.3, -0.25) is 4.79 Å². The Morgan fingerprint density at radius 1 is 1.07 bits per heavy atom. The molecule has 0 fully saturated rings. The summed E-state index contributed by atoms with van der Waals surface area (Å²) in [5.41, 5.74) is 1.47. The van der Waals surface area contributed by atoms with Crippen LogP contribution in [-0.2, 0) is 22.6 Å². The predicted molar refractivity (Wildman–Crippen MR) is 97.7 cm³/mol. The van der Waals surface area contributed by atoms with E-state index >= 15 is 0 Å². The van der Waals surface area contributed by atoms with Gasteiger partial charge in [0.1, 0.15) is 12.3 Å². The number of carbonyl (C=O) groups excluding carboxylic acids is 1. The number of ether oxygens (including phenoxy) is 1. The van der Waals surface area contributed by atoms with Gasteiger partial charge in [-0.05, 0) is 11.4 Å². The number of aromatic nitrogens is 3. The highest BCUT2D eigenvalue weighted by Crippen LogP contribution is 2.22. The van der Waals surface area contributed by atoms with E-state index < -0.39 is 0 Å². The number of hydrogen-bond acceptors (Lipinski definition) is 8. The summed E-state index contributed by atoms with van der Waals surface area (Å²) in [5.74, 6) is 1.20. The Labute approximate surface area is 158 Å². The average Bonchev–Trinajstić information content (AvgIpc) is 3.47. The maximum Gasteiger partial charge on any atom is 0.306 e. The molecule has 0 aliphatic rings. The molecule has 0 bridgehead atoms. The van der Waals surface area contributed by atoms with E-state index in [0.717, 1.165) is 10.4 Å². The van der Waals surface area contributed by atoms with E-state index in [9.17, 15) is 4.79 Å². The number of thiophene rings is 1. The van der Waals surface area contributed by atoms with Gasteiger partial charge in [0.2, 0.25) is 11.7 Å². The molecule has 1 aromatic carbocycles. The van der Waals surface area contributed by atoms with Gasteiger partial charge < -0.3 is 13.8 Å². The molecule has 3 heterocycles. The molecule has 27 heavy (non-hydrogen) atoms. The van der Waals surface area contributed by atoms with E-state index in [2.05, 4.69) is 15.3 Å². The minimum atomic E-state index is -0.366. The largest absolute Gasteiger partial charge is 0.459 e. The molecule has 4 rings (SSSR count). The van der Waals surface area contributed by atoms with Crippen LogP contribution in [-0.4, -0.2) is 21.3 Å². The van der Waals surface area contributed by atoms with Crippen LogP contribution in [0.3, 0.4) is 0 Å². The SMILES string of the molecule is O=C(CCc1nc(-c2cccs2)no1)OCc1cc(-c2ccccc2)on1. The van der Waals surface area contributed by atoms with E-state index in [4.69, 9.17) is 13.8 Å². The van der Waals surface area contributed by atoms with Gasteiger partial charge in [0.25, 0.3) is 0 Å². The van der Waals surface area contributed by atoms with Gasteiger partial charge in [-0.2, -0.15) is 4.98 Å². The van der Waals surface area contributed by atoms with Crippen molar-refractivity contribution in [3.63, 3.8) is 0 Å². The number of carbonyl (C=O) groups is 1. The highest BCUT2D eigenvalue weighted by molar-refractivity contribution is 7.13. The van der Waals surface area contributed by atoms with Crippen molar-refractivity contribution in [1.29, 1.82) is 0 Å². The zero-order valence-electron chi connectivity index (χ0n) is 14.2. The van der Waals surface area contributed by atoms with Crippen molar-refractivity contribution >= 4 is 17.3 Å². The minimum absolute atomic E-state index is 0.0550. The number of benzene rings is 1. The first-order valence-corrected chi connectivity index (χ1v) is 9.19.